The van der Waals surface area contributed by atoms with Crippen LogP contribution >= 0.6 is 0 Å². The molecule has 4 aromatic rings. The Morgan fingerprint density at radius 1 is 0.778 bits per heavy atom. The van der Waals surface area contributed by atoms with Crippen LogP contribution in [0.25, 0.3) is 21.8 Å². The summed E-state index contributed by atoms with van der Waals surface area (Å²) < 4.78 is 0. The van der Waals surface area contributed by atoms with Crippen LogP contribution in [-0.4, -0.2) is 4.98 Å². The Bertz CT molecular complexity index is 1160. The number of anilines is 4. The van der Waals surface area contributed by atoms with E-state index in [0.717, 1.165) is 16.5 Å². The second-order valence-corrected chi connectivity index (χ2v) is 6.04. The zero-order chi connectivity index (χ0) is 19.0. The molecule has 0 aliphatic carbocycles. The summed E-state index contributed by atoms with van der Waals surface area (Å²) in [5, 5.41) is 10.8. The molecule has 0 bridgehead atoms. The molecule has 1 heterocycles. The molecule has 0 saturated carbocycles. The average molecular weight is 358 g/mol. The lowest BCUT2D eigenvalue weighted by atomic mass is 10.1. The van der Waals surface area contributed by atoms with Crippen molar-refractivity contribution in [3.05, 3.63) is 64.4 Å². The number of fused-ring (bicyclic) bond motifs is 2. The fourth-order valence-electron chi connectivity index (χ4n) is 3.00. The molecule has 1 aromatic heterocycles. The molecule has 27 heavy (non-hydrogen) atoms. The Kier molecular flexibility index (Phi) is 3.85. The number of pyridine rings is 1. The highest BCUT2D eigenvalue weighted by atomic mass is 16.3. The minimum absolute atomic E-state index is 0.261. The van der Waals surface area contributed by atoms with Crippen LogP contribution in [0.5, 0.6) is 0 Å². The number of aromatic nitrogens is 1. The van der Waals surface area contributed by atoms with E-state index in [9.17, 15) is 9.81 Å². The van der Waals surface area contributed by atoms with Crippen molar-refractivity contribution in [2.75, 3.05) is 16.8 Å². The molecule has 0 atom stereocenters. The number of rotatable bonds is 4. The first-order chi connectivity index (χ1) is 13.1. The highest BCUT2D eigenvalue weighted by molar-refractivity contribution is 6.10. The van der Waals surface area contributed by atoms with Gasteiger partial charge in [0, 0.05) is 16.5 Å². The fourth-order valence-corrected chi connectivity index (χ4v) is 3.00. The molecule has 0 fully saturated rings. The van der Waals surface area contributed by atoms with Crippen LogP contribution in [0.15, 0.2) is 65.0 Å². The van der Waals surface area contributed by atoms with Crippen molar-refractivity contribution in [2.24, 2.45) is 10.4 Å². The molecule has 0 unspecified atom stereocenters. The maximum absolute atomic E-state index is 10.9. The van der Waals surface area contributed by atoms with Gasteiger partial charge in [0.1, 0.15) is 11.4 Å². The summed E-state index contributed by atoms with van der Waals surface area (Å²) in [6.45, 7) is 0. The van der Waals surface area contributed by atoms with Crippen LogP contribution in [-0.2, 0) is 0 Å². The molecule has 0 radical (unpaired) electrons. The van der Waals surface area contributed by atoms with E-state index in [2.05, 4.69) is 20.7 Å². The first kappa shape index (κ1) is 16.4. The van der Waals surface area contributed by atoms with E-state index in [1.165, 1.54) is 0 Å². The lowest BCUT2D eigenvalue weighted by molar-refractivity contribution is 1.44. The van der Waals surface area contributed by atoms with E-state index in [1.54, 1.807) is 54.6 Å². The zero-order valence-corrected chi connectivity index (χ0v) is 14.0. The molecule has 8 nitrogen and oxygen atoms in total. The third-order valence-electron chi connectivity index (χ3n) is 4.29. The monoisotopic (exact) mass is 358 g/mol. The van der Waals surface area contributed by atoms with Gasteiger partial charge in [-0.05, 0) is 65.0 Å². The van der Waals surface area contributed by atoms with Crippen molar-refractivity contribution in [3.8, 4) is 0 Å². The standard InChI is InChI=1S/C19H14N6O2/c20-10-1-6-16(15(21)7-10)23-19-13-4-2-11(24-26)8-17(13)22-18-9-12(25-27)3-5-14(18)19/h1-9H,20-21H2,(H,22,23). The molecule has 0 amide bonds. The van der Waals surface area contributed by atoms with Crippen LogP contribution in [0.1, 0.15) is 0 Å². The average Bonchev–Trinajstić information content (AvgIpc) is 2.68. The van der Waals surface area contributed by atoms with E-state index in [1.807, 2.05) is 0 Å². The number of hydrogen-bond donors (Lipinski definition) is 3. The number of nitrogens with zero attached hydrogens (tertiary/aromatic N) is 3. The van der Waals surface area contributed by atoms with Gasteiger partial charge in [-0.25, -0.2) is 4.98 Å². The van der Waals surface area contributed by atoms with Crippen LogP contribution in [0.2, 0.25) is 0 Å². The SMILES string of the molecule is Nc1ccc(Nc2c3ccc(N=O)cc3nc3cc(N=O)ccc23)c(N)c1. The van der Waals surface area contributed by atoms with E-state index in [4.69, 9.17) is 11.5 Å². The summed E-state index contributed by atoms with van der Waals surface area (Å²) in [7, 11) is 0. The van der Waals surface area contributed by atoms with Crippen LogP contribution < -0.4 is 16.8 Å². The third kappa shape index (κ3) is 2.89. The molecule has 8 heteroatoms. The Morgan fingerprint density at radius 2 is 1.37 bits per heavy atom. The maximum Gasteiger partial charge on any atom is 0.110 e. The first-order valence-electron chi connectivity index (χ1n) is 8.05. The number of nitrogens with one attached hydrogen (secondary N) is 1. The summed E-state index contributed by atoms with van der Waals surface area (Å²) in [4.78, 5) is 26.3. The quantitative estimate of drug-likeness (QED) is 0.264. The predicted molar refractivity (Wildman–Crippen MR) is 109 cm³/mol. The predicted octanol–water partition coefficient (Wildman–Crippen LogP) is 5.09. The van der Waals surface area contributed by atoms with Gasteiger partial charge in [-0.1, -0.05) is 0 Å². The van der Waals surface area contributed by atoms with Gasteiger partial charge >= 0.3 is 0 Å². The highest BCUT2D eigenvalue weighted by Crippen LogP contribution is 2.37. The Morgan fingerprint density at radius 3 is 1.89 bits per heavy atom. The molecule has 0 aliphatic heterocycles. The normalized spacial score (nSPS) is 10.8. The minimum atomic E-state index is 0.261. The van der Waals surface area contributed by atoms with Gasteiger partial charge in [-0.3, -0.25) is 0 Å². The Labute approximate surface area is 153 Å². The van der Waals surface area contributed by atoms with E-state index in [-0.39, 0.29) is 11.4 Å². The number of nitrogens with two attached hydrogens (primary N) is 2. The molecule has 0 saturated heterocycles. The van der Waals surface area contributed by atoms with Crippen LogP contribution in [0, 0.1) is 9.81 Å². The minimum Gasteiger partial charge on any atom is -0.399 e. The van der Waals surface area contributed by atoms with Gasteiger partial charge in [-0.15, -0.1) is 9.81 Å². The topological polar surface area (TPSA) is 136 Å². The van der Waals surface area contributed by atoms with E-state index < -0.39 is 0 Å². The summed E-state index contributed by atoms with van der Waals surface area (Å²) in [6.07, 6.45) is 0. The second-order valence-electron chi connectivity index (χ2n) is 6.04. The van der Waals surface area contributed by atoms with Gasteiger partial charge in [0.2, 0.25) is 0 Å². The molecule has 0 spiro atoms. The van der Waals surface area contributed by atoms with E-state index in [0.29, 0.717) is 28.1 Å². The number of hydrogen-bond acceptors (Lipinski definition) is 8. The number of benzene rings is 3. The van der Waals surface area contributed by atoms with Crippen LogP contribution in [0.3, 0.4) is 0 Å². The molecule has 4 rings (SSSR count). The maximum atomic E-state index is 10.9. The van der Waals surface area contributed by atoms with Crippen molar-refractivity contribution in [1.82, 2.24) is 4.98 Å². The summed E-state index contributed by atoms with van der Waals surface area (Å²) >= 11 is 0. The Balaban J connectivity index is 2.01. The van der Waals surface area contributed by atoms with Gasteiger partial charge < -0.3 is 16.8 Å². The van der Waals surface area contributed by atoms with E-state index >= 15 is 0 Å². The molecular formula is C19H14N6O2. The lowest BCUT2D eigenvalue weighted by Gasteiger charge is -2.15. The largest absolute Gasteiger partial charge is 0.399 e. The summed E-state index contributed by atoms with van der Waals surface area (Å²) in [5.74, 6) is 0. The van der Waals surface area contributed by atoms with Gasteiger partial charge in [0.05, 0.1) is 28.1 Å². The van der Waals surface area contributed by atoms with Crippen molar-refractivity contribution < 1.29 is 0 Å². The van der Waals surface area contributed by atoms with Gasteiger partial charge in [-0.2, -0.15) is 0 Å². The third-order valence-corrected chi connectivity index (χ3v) is 4.29. The first-order valence-corrected chi connectivity index (χ1v) is 8.05. The fraction of sp³-hybridized carbons (Fsp3) is 0. The number of nitrogen functional groups attached to an aromatic ring is 2. The number of nitroso groups, excluding NO2 is 2. The Hall–Kier alpha value is -4.07. The molecule has 0 aliphatic rings. The molecule has 3 aromatic carbocycles. The smallest absolute Gasteiger partial charge is 0.110 e. The molecule has 132 valence electrons. The molecule has 5 N–H and O–H groups in total. The van der Waals surface area contributed by atoms with Crippen molar-refractivity contribution in [1.29, 1.82) is 0 Å². The molecular weight excluding hydrogens is 344 g/mol. The zero-order valence-electron chi connectivity index (χ0n) is 14.0. The van der Waals surface area contributed by atoms with Crippen molar-refractivity contribution >= 4 is 55.9 Å². The van der Waals surface area contributed by atoms with Crippen molar-refractivity contribution in [3.63, 3.8) is 0 Å². The lowest BCUT2D eigenvalue weighted by Crippen LogP contribution is -2.00. The van der Waals surface area contributed by atoms with Crippen LogP contribution in [0.4, 0.5) is 34.1 Å². The van der Waals surface area contributed by atoms with Gasteiger partial charge in [0.15, 0.2) is 0 Å². The second kappa shape index (κ2) is 6.34. The van der Waals surface area contributed by atoms with Gasteiger partial charge in [0.25, 0.3) is 0 Å². The highest BCUT2D eigenvalue weighted by Gasteiger charge is 2.12. The summed E-state index contributed by atoms with van der Waals surface area (Å²) in [6, 6.07) is 15.1. The summed E-state index contributed by atoms with van der Waals surface area (Å²) in [5.41, 5.74) is 15.9. The van der Waals surface area contributed by atoms with Crippen molar-refractivity contribution in [2.45, 2.75) is 0 Å².